The lowest BCUT2D eigenvalue weighted by molar-refractivity contribution is -0.118. The maximum Gasteiger partial charge on any atom is 0.294 e. The van der Waals surface area contributed by atoms with Crippen LogP contribution in [0.1, 0.15) is 31.9 Å². The number of aliphatic hydroxyl groups excluding tert-OH is 1. The Hall–Kier alpha value is -2.47. The maximum atomic E-state index is 13.4. The van der Waals surface area contributed by atoms with E-state index in [0.29, 0.717) is 11.3 Å². The number of carbonyl (C=O) groups excluding carboxylic acids is 2. The first kappa shape index (κ1) is 19.3. The summed E-state index contributed by atoms with van der Waals surface area (Å²) in [5.41, 5.74) is 1.16. The number of hydrogen-bond acceptors (Lipinski definition) is 3. The minimum Gasteiger partial charge on any atom is -0.503 e. The molecule has 6 heteroatoms. The van der Waals surface area contributed by atoms with E-state index in [0.717, 1.165) is 4.47 Å². The predicted molar refractivity (Wildman–Crippen MR) is 105 cm³/mol. The van der Waals surface area contributed by atoms with Crippen LogP contribution in [0, 0.1) is 11.7 Å². The lowest BCUT2D eigenvalue weighted by Crippen LogP contribution is -2.31. The molecule has 1 N–H and O–H groups in total. The van der Waals surface area contributed by atoms with Crippen LogP contribution in [0.5, 0.6) is 0 Å². The van der Waals surface area contributed by atoms with E-state index in [-0.39, 0.29) is 23.7 Å². The summed E-state index contributed by atoms with van der Waals surface area (Å²) in [5.74, 6) is -1.81. The fourth-order valence-corrected chi connectivity index (χ4v) is 3.46. The molecule has 0 aromatic heterocycles. The number of hydrogen-bond donors (Lipinski definition) is 1. The maximum absolute atomic E-state index is 13.4. The normalized spacial score (nSPS) is 17.1. The first-order chi connectivity index (χ1) is 12.8. The van der Waals surface area contributed by atoms with Crippen molar-refractivity contribution in [3.05, 3.63) is 75.7 Å². The number of rotatable bonds is 5. The molecule has 1 unspecified atom stereocenters. The molecule has 4 nitrogen and oxygen atoms in total. The topological polar surface area (TPSA) is 57.6 Å². The average molecular weight is 432 g/mol. The number of anilines is 1. The van der Waals surface area contributed by atoms with Crippen molar-refractivity contribution in [1.82, 2.24) is 0 Å². The van der Waals surface area contributed by atoms with Crippen LogP contribution in [0.15, 0.2) is 64.3 Å². The van der Waals surface area contributed by atoms with Crippen molar-refractivity contribution in [2.75, 3.05) is 4.90 Å². The fourth-order valence-electron chi connectivity index (χ4n) is 3.20. The van der Waals surface area contributed by atoms with E-state index in [4.69, 9.17) is 0 Å². The van der Waals surface area contributed by atoms with Gasteiger partial charge in [-0.05, 0) is 47.9 Å². The van der Waals surface area contributed by atoms with Gasteiger partial charge in [0.2, 0.25) is 0 Å². The van der Waals surface area contributed by atoms with Gasteiger partial charge in [-0.15, -0.1) is 0 Å². The highest BCUT2D eigenvalue weighted by Crippen LogP contribution is 2.41. The Bertz CT molecular complexity index is 904. The molecule has 1 aliphatic heterocycles. The summed E-state index contributed by atoms with van der Waals surface area (Å²) >= 11 is 3.35. The summed E-state index contributed by atoms with van der Waals surface area (Å²) in [4.78, 5) is 27.0. The Balaban J connectivity index is 2.13. The van der Waals surface area contributed by atoms with Crippen LogP contribution < -0.4 is 4.90 Å². The number of aliphatic hydroxyl groups is 1. The minimum absolute atomic E-state index is 0.0585. The van der Waals surface area contributed by atoms with E-state index >= 15 is 0 Å². The Labute approximate surface area is 165 Å². The van der Waals surface area contributed by atoms with Crippen molar-refractivity contribution in [3.8, 4) is 0 Å². The van der Waals surface area contributed by atoms with Gasteiger partial charge in [0, 0.05) is 16.6 Å². The SMILES string of the molecule is CC(C)CC(=O)C1=C(O)C(=O)N(c2ccc(Br)cc2)C1c1ccc(F)cc1. The van der Waals surface area contributed by atoms with Gasteiger partial charge in [0.1, 0.15) is 5.82 Å². The number of carbonyl (C=O) groups is 2. The molecule has 0 radical (unpaired) electrons. The molecule has 0 bridgehead atoms. The molecular formula is C21H19BrFNO3. The van der Waals surface area contributed by atoms with Crippen LogP contribution in [-0.2, 0) is 9.59 Å². The molecule has 2 aromatic rings. The van der Waals surface area contributed by atoms with Crippen LogP contribution in [0.25, 0.3) is 0 Å². The largest absolute Gasteiger partial charge is 0.503 e. The molecule has 27 heavy (non-hydrogen) atoms. The quantitative estimate of drug-likeness (QED) is 0.715. The van der Waals surface area contributed by atoms with Crippen molar-refractivity contribution < 1.29 is 19.1 Å². The molecule has 0 spiro atoms. The molecule has 0 fully saturated rings. The molecule has 0 aliphatic carbocycles. The van der Waals surface area contributed by atoms with Crippen molar-refractivity contribution in [3.63, 3.8) is 0 Å². The van der Waals surface area contributed by atoms with E-state index < -0.39 is 23.5 Å². The zero-order valence-electron chi connectivity index (χ0n) is 14.9. The average Bonchev–Trinajstić information content (AvgIpc) is 2.87. The van der Waals surface area contributed by atoms with E-state index in [9.17, 15) is 19.1 Å². The molecule has 2 aromatic carbocycles. The number of Topliss-reactive ketones (excluding diaryl/α,β-unsaturated/α-hetero) is 1. The summed E-state index contributed by atoms with van der Waals surface area (Å²) in [6.07, 6.45) is 0.207. The van der Waals surface area contributed by atoms with Crippen molar-refractivity contribution >= 4 is 33.3 Å². The predicted octanol–water partition coefficient (Wildman–Crippen LogP) is 5.10. The van der Waals surface area contributed by atoms with Gasteiger partial charge < -0.3 is 5.11 Å². The van der Waals surface area contributed by atoms with E-state index in [1.807, 2.05) is 13.8 Å². The standard InChI is InChI=1S/C21H19BrFNO3/c1-12(2)11-17(25)18-19(13-3-7-15(23)8-4-13)24(21(27)20(18)26)16-9-5-14(22)6-10-16/h3-10,12,19,26H,11H2,1-2H3. The molecular weight excluding hydrogens is 413 g/mol. The third-order valence-electron chi connectivity index (χ3n) is 4.39. The molecule has 1 atom stereocenters. The number of ketones is 1. The number of amides is 1. The smallest absolute Gasteiger partial charge is 0.294 e. The zero-order valence-corrected chi connectivity index (χ0v) is 16.5. The van der Waals surface area contributed by atoms with Gasteiger partial charge in [0.05, 0.1) is 11.6 Å². The van der Waals surface area contributed by atoms with E-state index in [1.54, 1.807) is 24.3 Å². The summed E-state index contributed by atoms with van der Waals surface area (Å²) in [6, 6.07) is 11.8. The Morgan fingerprint density at radius 2 is 1.74 bits per heavy atom. The molecule has 0 saturated carbocycles. The second kappa shape index (κ2) is 7.64. The Morgan fingerprint density at radius 3 is 2.30 bits per heavy atom. The monoisotopic (exact) mass is 431 g/mol. The van der Waals surface area contributed by atoms with Gasteiger partial charge in [-0.2, -0.15) is 0 Å². The van der Waals surface area contributed by atoms with Gasteiger partial charge >= 0.3 is 0 Å². The molecule has 1 heterocycles. The van der Waals surface area contributed by atoms with E-state index in [2.05, 4.69) is 15.9 Å². The minimum atomic E-state index is -0.800. The molecule has 1 aliphatic rings. The summed E-state index contributed by atoms with van der Waals surface area (Å²) in [7, 11) is 0. The van der Waals surface area contributed by atoms with Crippen LogP contribution in [0.2, 0.25) is 0 Å². The number of halogens is 2. The Kier molecular flexibility index (Phi) is 5.46. The number of benzene rings is 2. The summed E-state index contributed by atoms with van der Waals surface area (Å²) < 4.78 is 14.2. The van der Waals surface area contributed by atoms with Gasteiger partial charge in [0.15, 0.2) is 11.5 Å². The second-order valence-corrected chi connectivity index (χ2v) is 7.80. The summed E-state index contributed by atoms with van der Waals surface area (Å²) in [5, 5.41) is 10.5. The highest BCUT2D eigenvalue weighted by atomic mass is 79.9. The lowest BCUT2D eigenvalue weighted by atomic mass is 9.92. The van der Waals surface area contributed by atoms with Crippen LogP contribution >= 0.6 is 15.9 Å². The molecule has 3 rings (SSSR count). The molecule has 0 saturated heterocycles. The van der Waals surface area contributed by atoms with Gasteiger partial charge in [-0.1, -0.05) is 41.9 Å². The molecule has 140 valence electrons. The van der Waals surface area contributed by atoms with Crippen molar-refractivity contribution in [2.24, 2.45) is 5.92 Å². The zero-order chi connectivity index (χ0) is 19.7. The van der Waals surface area contributed by atoms with Gasteiger partial charge in [-0.25, -0.2) is 4.39 Å². The van der Waals surface area contributed by atoms with Crippen LogP contribution in [0.3, 0.4) is 0 Å². The summed E-state index contributed by atoms with van der Waals surface area (Å²) in [6.45, 7) is 3.79. The first-order valence-electron chi connectivity index (χ1n) is 8.60. The van der Waals surface area contributed by atoms with Crippen molar-refractivity contribution in [2.45, 2.75) is 26.3 Å². The number of nitrogens with zero attached hydrogens (tertiary/aromatic N) is 1. The lowest BCUT2D eigenvalue weighted by Gasteiger charge is -2.27. The highest BCUT2D eigenvalue weighted by molar-refractivity contribution is 9.10. The van der Waals surface area contributed by atoms with Crippen LogP contribution in [0.4, 0.5) is 10.1 Å². The third-order valence-corrected chi connectivity index (χ3v) is 4.92. The van der Waals surface area contributed by atoms with Gasteiger partial charge in [0.25, 0.3) is 5.91 Å². The highest BCUT2D eigenvalue weighted by Gasteiger charge is 2.44. The van der Waals surface area contributed by atoms with Gasteiger partial charge in [-0.3, -0.25) is 14.5 Å². The second-order valence-electron chi connectivity index (χ2n) is 6.89. The fraction of sp³-hybridized carbons (Fsp3) is 0.238. The van der Waals surface area contributed by atoms with Crippen molar-refractivity contribution in [1.29, 1.82) is 0 Å². The first-order valence-corrected chi connectivity index (χ1v) is 9.39. The molecule has 1 amide bonds. The van der Waals surface area contributed by atoms with E-state index in [1.165, 1.54) is 29.2 Å². The van der Waals surface area contributed by atoms with Crippen LogP contribution in [-0.4, -0.2) is 16.8 Å². The third kappa shape index (κ3) is 3.81. The Morgan fingerprint density at radius 1 is 1.15 bits per heavy atom.